The Morgan fingerprint density at radius 1 is 1.71 bits per heavy atom. The summed E-state index contributed by atoms with van der Waals surface area (Å²) in [5, 5.41) is 3.04. The number of hydrogen-bond donors (Lipinski definition) is 1. The van der Waals surface area contributed by atoms with Gasteiger partial charge < -0.3 is 5.32 Å². The van der Waals surface area contributed by atoms with Crippen LogP contribution in [0.15, 0.2) is 0 Å². The molecule has 0 fully saturated rings. The van der Waals surface area contributed by atoms with Crippen molar-refractivity contribution in [3.8, 4) is 0 Å². The van der Waals surface area contributed by atoms with Gasteiger partial charge in [0.2, 0.25) is 0 Å². The molecule has 7 heavy (non-hydrogen) atoms. The molecule has 0 saturated carbocycles. The molecular formula is C5H12BN. The average molecular weight is 97.0 g/mol. The quantitative estimate of drug-likeness (QED) is 0.503. The molecular weight excluding hydrogens is 84.9 g/mol. The standard InChI is InChI=1S/C5H12BN/c1-5(3-6)4-7-2/h5,7H,3-4H2,1-2H3/t5-/m0/s1. The van der Waals surface area contributed by atoms with Crippen molar-refractivity contribution in [1.29, 1.82) is 0 Å². The van der Waals surface area contributed by atoms with Crippen LogP contribution in [0.3, 0.4) is 0 Å². The zero-order valence-corrected chi connectivity index (χ0v) is 5.07. The highest BCUT2D eigenvalue weighted by Crippen LogP contribution is 1.94. The van der Waals surface area contributed by atoms with E-state index >= 15 is 0 Å². The SMILES string of the molecule is [B]C[C@H](C)CNC. The van der Waals surface area contributed by atoms with Crippen molar-refractivity contribution >= 4 is 7.85 Å². The summed E-state index contributed by atoms with van der Waals surface area (Å²) >= 11 is 0. The highest BCUT2D eigenvalue weighted by atomic mass is 14.8. The van der Waals surface area contributed by atoms with E-state index in [4.69, 9.17) is 7.85 Å². The van der Waals surface area contributed by atoms with E-state index < -0.39 is 0 Å². The lowest BCUT2D eigenvalue weighted by Gasteiger charge is -2.04. The zero-order chi connectivity index (χ0) is 5.70. The molecule has 1 nitrogen and oxygen atoms in total. The third-order valence-corrected chi connectivity index (χ3v) is 0.955. The minimum Gasteiger partial charge on any atom is -0.320 e. The number of rotatable bonds is 3. The van der Waals surface area contributed by atoms with Gasteiger partial charge >= 0.3 is 0 Å². The summed E-state index contributed by atoms with van der Waals surface area (Å²) in [4.78, 5) is 0. The first-order chi connectivity index (χ1) is 3.31. The second-order valence-electron chi connectivity index (χ2n) is 1.90. The molecule has 0 aliphatic heterocycles. The third kappa shape index (κ3) is 3.87. The van der Waals surface area contributed by atoms with Gasteiger partial charge in [-0.15, -0.1) is 0 Å². The van der Waals surface area contributed by atoms with Crippen molar-refractivity contribution in [2.75, 3.05) is 13.6 Å². The van der Waals surface area contributed by atoms with Gasteiger partial charge in [0.15, 0.2) is 0 Å². The van der Waals surface area contributed by atoms with E-state index in [1.165, 1.54) is 0 Å². The maximum Gasteiger partial charge on any atom is 0.0657 e. The summed E-state index contributed by atoms with van der Waals surface area (Å²) < 4.78 is 0. The lowest BCUT2D eigenvalue weighted by Crippen LogP contribution is -2.15. The second-order valence-corrected chi connectivity index (χ2v) is 1.90. The van der Waals surface area contributed by atoms with Gasteiger partial charge in [-0.3, -0.25) is 0 Å². The van der Waals surface area contributed by atoms with Gasteiger partial charge in [0.25, 0.3) is 0 Å². The molecule has 1 atom stereocenters. The van der Waals surface area contributed by atoms with Crippen LogP contribution in [0.1, 0.15) is 6.92 Å². The molecule has 0 aromatic heterocycles. The monoisotopic (exact) mass is 97.1 g/mol. The molecule has 0 aromatic carbocycles. The molecule has 0 heterocycles. The summed E-state index contributed by atoms with van der Waals surface area (Å²) in [6.07, 6.45) is 0.779. The van der Waals surface area contributed by atoms with Gasteiger partial charge in [-0.2, -0.15) is 0 Å². The van der Waals surface area contributed by atoms with Crippen molar-refractivity contribution < 1.29 is 0 Å². The van der Waals surface area contributed by atoms with Crippen molar-refractivity contribution in [2.24, 2.45) is 5.92 Å². The van der Waals surface area contributed by atoms with Gasteiger partial charge in [0.1, 0.15) is 0 Å². The summed E-state index contributed by atoms with van der Waals surface area (Å²) in [6, 6.07) is 0. The molecule has 0 aliphatic carbocycles. The van der Waals surface area contributed by atoms with Crippen LogP contribution in [-0.4, -0.2) is 21.4 Å². The summed E-state index contributed by atoms with van der Waals surface area (Å²) in [5.41, 5.74) is 0. The molecule has 0 spiro atoms. The number of nitrogens with one attached hydrogen (secondary N) is 1. The third-order valence-electron chi connectivity index (χ3n) is 0.955. The minimum absolute atomic E-state index is 0.616. The Bertz CT molecular complexity index is 39.1. The molecule has 2 heteroatoms. The molecule has 2 radical (unpaired) electrons. The average Bonchev–Trinajstić information content (AvgIpc) is 1.68. The van der Waals surface area contributed by atoms with E-state index in [-0.39, 0.29) is 0 Å². The van der Waals surface area contributed by atoms with Crippen molar-refractivity contribution in [2.45, 2.75) is 13.2 Å². The Kier molecular flexibility index (Phi) is 4.21. The first kappa shape index (κ1) is 7.02. The topological polar surface area (TPSA) is 12.0 Å². The van der Waals surface area contributed by atoms with Gasteiger partial charge in [-0.25, -0.2) is 0 Å². The largest absolute Gasteiger partial charge is 0.320 e. The van der Waals surface area contributed by atoms with Crippen LogP contribution in [0.5, 0.6) is 0 Å². The van der Waals surface area contributed by atoms with Crippen LogP contribution in [0.25, 0.3) is 0 Å². The van der Waals surface area contributed by atoms with E-state index in [9.17, 15) is 0 Å². The summed E-state index contributed by atoms with van der Waals surface area (Å²) in [5.74, 6) is 0.616. The van der Waals surface area contributed by atoms with E-state index in [0.29, 0.717) is 5.92 Å². The Hall–Kier alpha value is 0.0249. The molecule has 40 valence electrons. The maximum atomic E-state index is 5.32. The van der Waals surface area contributed by atoms with Crippen LogP contribution in [-0.2, 0) is 0 Å². The minimum atomic E-state index is 0.616. The lowest BCUT2D eigenvalue weighted by atomic mass is 9.93. The molecule has 0 bridgehead atoms. The fraction of sp³-hybridized carbons (Fsp3) is 1.00. The van der Waals surface area contributed by atoms with Gasteiger partial charge in [-0.05, 0) is 19.5 Å². The molecule has 0 amide bonds. The second kappa shape index (κ2) is 4.19. The van der Waals surface area contributed by atoms with Crippen LogP contribution in [0.4, 0.5) is 0 Å². The predicted molar refractivity (Wildman–Crippen MR) is 33.7 cm³/mol. The summed E-state index contributed by atoms with van der Waals surface area (Å²) in [7, 11) is 7.25. The smallest absolute Gasteiger partial charge is 0.0657 e. The predicted octanol–water partition coefficient (Wildman–Crippen LogP) is 0.429. The fourth-order valence-corrected chi connectivity index (χ4v) is 0.432. The van der Waals surface area contributed by atoms with Gasteiger partial charge in [0.05, 0.1) is 7.85 Å². The Morgan fingerprint density at radius 2 is 2.29 bits per heavy atom. The first-order valence-electron chi connectivity index (χ1n) is 2.66. The molecule has 1 N–H and O–H groups in total. The highest BCUT2D eigenvalue weighted by molar-refractivity contribution is 6.08. The lowest BCUT2D eigenvalue weighted by molar-refractivity contribution is 0.594. The van der Waals surface area contributed by atoms with Gasteiger partial charge in [-0.1, -0.05) is 13.2 Å². The molecule has 0 aliphatic rings. The maximum absolute atomic E-state index is 5.32. The van der Waals surface area contributed by atoms with E-state index in [0.717, 1.165) is 12.9 Å². The highest BCUT2D eigenvalue weighted by Gasteiger charge is 1.91. The Labute approximate surface area is 46.9 Å². The van der Waals surface area contributed by atoms with Crippen molar-refractivity contribution in [3.63, 3.8) is 0 Å². The van der Waals surface area contributed by atoms with Crippen LogP contribution in [0.2, 0.25) is 6.32 Å². The van der Waals surface area contributed by atoms with Crippen molar-refractivity contribution in [1.82, 2.24) is 5.32 Å². The molecule has 0 saturated heterocycles. The summed E-state index contributed by atoms with van der Waals surface area (Å²) in [6.45, 7) is 3.15. The van der Waals surface area contributed by atoms with Crippen LogP contribution < -0.4 is 5.32 Å². The first-order valence-corrected chi connectivity index (χ1v) is 2.66. The zero-order valence-electron chi connectivity index (χ0n) is 5.07. The van der Waals surface area contributed by atoms with Gasteiger partial charge in [0, 0.05) is 0 Å². The van der Waals surface area contributed by atoms with Crippen LogP contribution >= 0.6 is 0 Å². The number of hydrogen-bond acceptors (Lipinski definition) is 1. The fourth-order valence-electron chi connectivity index (χ4n) is 0.432. The molecule has 0 unspecified atom stereocenters. The molecule has 0 aromatic rings. The Morgan fingerprint density at radius 3 is 2.43 bits per heavy atom. The normalized spacial score (nSPS) is 14.0. The van der Waals surface area contributed by atoms with E-state index in [2.05, 4.69) is 12.2 Å². The molecule has 0 rings (SSSR count). The van der Waals surface area contributed by atoms with E-state index in [1.54, 1.807) is 0 Å². The van der Waals surface area contributed by atoms with E-state index in [1.807, 2.05) is 7.05 Å². The van der Waals surface area contributed by atoms with Crippen LogP contribution in [0, 0.1) is 5.92 Å². The Balaban J connectivity index is 2.83. The van der Waals surface area contributed by atoms with Crippen molar-refractivity contribution in [3.05, 3.63) is 0 Å².